The maximum Gasteiger partial charge on any atom is 0.344 e. The van der Waals surface area contributed by atoms with E-state index in [0.717, 1.165) is 17.3 Å². The van der Waals surface area contributed by atoms with Crippen LogP contribution in [0.25, 0.3) is 0 Å². The van der Waals surface area contributed by atoms with Crippen LogP contribution in [0, 0.1) is 0 Å². The van der Waals surface area contributed by atoms with Crippen molar-refractivity contribution in [2.75, 3.05) is 5.75 Å². The minimum absolute atomic E-state index is 0.126. The number of aromatic nitrogens is 3. The Morgan fingerprint density at radius 2 is 1.96 bits per heavy atom. The number of thioether (sulfide) groups is 1. The number of benzene rings is 1. The van der Waals surface area contributed by atoms with Crippen molar-refractivity contribution in [1.82, 2.24) is 30.5 Å². The highest BCUT2D eigenvalue weighted by molar-refractivity contribution is 7.99. The zero-order valence-corrected chi connectivity index (χ0v) is 16.2. The van der Waals surface area contributed by atoms with Gasteiger partial charge in [-0.05, 0) is 18.9 Å². The van der Waals surface area contributed by atoms with Crippen LogP contribution < -0.4 is 16.4 Å². The van der Waals surface area contributed by atoms with E-state index in [2.05, 4.69) is 20.9 Å². The number of carbonyl (C=O) groups is 3. The minimum Gasteiger partial charge on any atom is -0.322 e. The van der Waals surface area contributed by atoms with E-state index in [4.69, 9.17) is 0 Å². The van der Waals surface area contributed by atoms with Gasteiger partial charge in [-0.3, -0.25) is 19.6 Å². The molecule has 1 aliphatic heterocycles. The summed E-state index contributed by atoms with van der Waals surface area (Å²) in [7, 11) is 0. The largest absolute Gasteiger partial charge is 0.344 e. The maximum atomic E-state index is 12.3. The van der Waals surface area contributed by atoms with Gasteiger partial charge >= 0.3 is 11.7 Å². The molecule has 0 aliphatic carbocycles. The predicted molar refractivity (Wildman–Crippen MR) is 101 cm³/mol. The van der Waals surface area contributed by atoms with E-state index in [1.54, 1.807) is 13.8 Å². The molecule has 0 bridgehead atoms. The summed E-state index contributed by atoms with van der Waals surface area (Å²) in [5.74, 6) is -1.20. The zero-order valence-electron chi connectivity index (χ0n) is 15.4. The molecule has 10 nitrogen and oxygen atoms in total. The van der Waals surface area contributed by atoms with Gasteiger partial charge in [0, 0.05) is 0 Å². The monoisotopic (exact) mass is 404 g/mol. The number of rotatable bonds is 7. The smallest absolute Gasteiger partial charge is 0.322 e. The quantitative estimate of drug-likeness (QED) is 0.454. The van der Waals surface area contributed by atoms with Crippen molar-refractivity contribution in [3.05, 3.63) is 46.4 Å². The number of hydrazine groups is 1. The van der Waals surface area contributed by atoms with E-state index in [-0.39, 0.29) is 11.4 Å². The van der Waals surface area contributed by atoms with Gasteiger partial charge in [-0.2, -0.15) is 5.01 Å². The molecule has 1 aromatic carbocycles. The van der Waals surface area contributed by atoms with Crippen molar-refractivity contribution < 1.29 is 14.4 Å². The minimum atomic E-state index is -1.03. The Morgan fingerprint density at radius 3 is 2.61 bits per heavy atom. The van der Waals surface area contributed by atoms with E-state index < -0.39 is 23.4 Å². The van der Waals surface area contributed by atoms with Crippen LogP contribution in [0.4, 0.5) is 4.79 Å². The number of nitrogens with zero attached hydrogens (tertiary/aromatic N) is 3. The van der Waals surface area contributed by atoms with Crippen LogP contribution in [0.2, 0.25) is 0 Å². The molecular formula is C17H20N6O4S. The third-order valence-corrected chi connectivity index (χ3v) is 5.42. The lowest BCUT2D eigenvalue weighted by atomic mass is 10.00. The van der Waals surface area contributed by atoms with Crippen molar-refractivity contribution in [3.63, 3.8) is 0 Å². The van der Waals surface area contributed by atoms with Crippen LogP contribution in [0.1, 0.15) is 25.8 Å². The summed E-state index contributed by atoms with van der Waals surface area (Å²) in [5, 5.41) is 9.87. The molecular weight excluding hydrogens is 384 g/mol. The van der Waals surface area contributed by atoms with E-state index in [1.165, 1.54) is 4.57 Å². The summed E-state index contributed by atoms with van der Waals surface area (Å²) < 4.78 is 1.41. The molecule has 11 heteroatoms. The first-order chi connectivity index (χ1) is 13.3. The summed E-state index contributed by atoms with van der Waals surface area (Å²) in [6, 6.07) is 8.69. The molecule has 1 saturated heterocycles. The number of nitrogens with one attached hydrogen (secondary N) is 3. The topological polar surface area (TPSA) is 129 Å². The molecule has 2 aromatic rings. The standard InChI is InChI=1S/C17H20N6O4S/c1-3-17(2)13(25)23(14(26)18-17)21-12(24)10-28-16-20-19-15(27)22(16)9-11-7-5-4-6-8-11/h4-8H,3,9-10H2,1-2H3,(H,18,26)(H,19,27)(H,21,24). The Labute approximate surface area is 164 Å². The Kier molecular flexibility index (Phi) is 5.54. The highest BCUT2D eigenvalue weighted by Gasteiger charge is 2.47. The van der Waals surface area contributed by atoms with Gasteiger partial charge < -0.3 is 5.32 Å². The normalized spacial score (nSPS) is 19.0. The highest BCUT2D eigenvalue weighted by Crippen LogP contribution is 2.20. The average molecular weight is 404 g/mol. The van der Waals surface area contributed by atoms with Crippen LogP contribution in [-0.4, -0.2) is 48.9 Å². The van der Waals surface area contributed by atoms with Crippen molar-refractivity contribution in [2.45, 2.75) is 37.5 Å². The van der Waals surface area contributed by atoms with Crippen LogP contribution in [-0.2, 0) is 16.1 Å². The summed E-state index contributed by atoms with van der Waals surface area (Å²) in [5.41, 5.74) is 1.79. The number of amides is 4. The molecule has 28 heavy (non-hydrogen) atoms. The Hall–Kier alpha value is -3.08. The zero-order chi connectivity index (χ0) is 20.3. The van der Waals surface area contributed by atoms with E-state index in [9.17, 15) is 19.2 Å². The average Bonchev–Trinajstić information content (AvgIpc) is 3.13. The van der Waals surface area contributed by atoms with Crippen molar-refractivity contribution >= 4 is 29.6 Å². The number of aromatic amines is 1. The molecule has 0 radical (unpaired) electrons. The fraction of sp³-hybridized carbons (Fsp3) is 0.353. The van der Waals surface area contributed by atoms with Gasteiger partial charge in [0.2, 0.25) is 5.91 Å². The molecule has 1 aromatic heterocycles. The lowest BCUT2D eigenvalue weighted by Gasteiger charge is -2.19. The second-order valence-corrected chi connectivity index (χ2v) is 7.41. The van der Waals surface area contributed by atoms with Crippen LogP contribution in [0.5, 0.6) is 0 Å². The van der Waals surface area contributed by atoms with Crippen molar-refractivity contribution in [3.8, 4) is 0 Å². The number of urea groups is 1. The predicted octanol–water partition coefficient (Wildman–Crippen LogP) is 0.464. The van der Waals surface area contributed by atoms with Gasteiger partial charge in [-0.25, -0.2) is 14.7 Å². The number of carbonyl (C=O) groups excluding carboxylic acids is 3. The van der Waals surface area contributed by atoms with Gasteiger partial charge in [-0.1, -0.05) is 49.0 Å². The van der Waals surface area contributed by atoms with E-state index in [0.29, 0.717) is 23.1 Å². The van der Waals surface area contributed by atoms with Crippen LogP contribution >= 0.6 is 11.8 Å². The summed E-state index contributed by atoms with van der Waals surface area (Å²) in [6.45, 7) is 3.67. The summed E-state index contributed by atoms with van der Waals surface area (Å²) in [6.07, 6.45) is 0.401. The Morgan fingerprint density at radius 1 is 1.25 bits per heavy atom. The van der Waals surface area contributed by atoms with E-state index >= 15 is 0 Å². The Balaban J connectivity index is 1.62. The first kappa shape index (κ1) is 19.7. The molecule has 3 rings (SSSR count). The molecule has 1 aliphatic rings. The molecule has 0 saturated carbocycles. The van der Waals surface area contributed by atoms with Crippen molar-refractivity contribution in [2.24, 2.45) is 0 Å². The molecule has 1 atom stereocenters. The maximum absolute atomic E-state index is 12.3. The van der Waals surface area contributed by atoms with Crippen LogP contribution in [0.3, 0.4) is 0 Å². The molecule has 1 fully saturated rings. The van der Waals surface area contributed by atoms with Gasteiger partial charge in [0.05, 0.1) is 12.3 Å². The molecule has 4 amide bonds. The molecule has 0 spiro atoms. The highest BCUT2D eigenvalue weighted by atomic mass is 32.2. The van der Waals surface area contributed by atoms with E-state index in [1.807, 2.05) is 30.3 Å². The number of hydrogen-bond acceptors (Lipinski definition) is 6. The summed E-state index contributed by atoms with van der Waals surface area (Å²) in [4.78, 5) is 48.4. The molecule has 2 heterocycles. The molecule has 3 N–H and O–H groups in total. The number of H-pyrrole nitrogens is 1. The van der Waals surface area contributed by atoms with Gasteiger partial charge in [0.25, 0.3) is 5.91 Å². The first-order valence-electron chi connectivity index (χ1n) is 8.62. The Bertz CT molecular complexity index is 956. The molecule has 1 unspecified atom stereocenters. The number of hydrogen-bond donors (Lipinski definition) is 3. The fourth-order valence-corrected chi connectivity index (χ4v) is 3.37. The SMILES string of the molecule is CCC1(C)NC(=O)N(NC(=O)CSc2n[nH]c(=O)n2Cc2ccccc2)C1=O. The third-order valence-electron chi connectivity index (χ3n) is 4.44. The second kappa shape index (κ2) is 7.89. The van der Waals surface area contributed by atoms with Gasteiger partial charge in [0.15, 0.2) is 5.16 Å². The lowest BCUT2D eigenvalue weighted by Crippen LogP contribution is -2.49. The second-order valence-electron chi connectivity index (χ2n) is 6.46. The van der Waals surface area contributed by atoms with Gasteiger partial charge in [0.1, 0.15) is 5.54 Å². The number of imide groups is 1. The van der Waals surface area contributed by atoms with Crippen LogP contribution in [0.15, 0.2) is 40.3 Å². The van der Waals surface area contributed by atoms with Crippen molar-refractivity contribution in [1.29, 1.82) is 0 Å². The fourth-order valence-electron chi connectivity index (χ4n) is 2.63. The summed E-state index contributed by atoms with van der Waals surface area (Å²) >= 11 is 1.03. The molecule has 148 valence electrons. The van der Waals surface area contributed by atoms with Gasteiger partial charge in [-0.15, -0.1) is 5.10 Å². The lowest BCUT2D eigenvalue weighted by molar-refractivity contribution is -0.137. The first-order valence-corrected chi connectivity index (χ1v) is 9.60. The third kappa shape index (κ3) is 3.93.